The molecule has 3 heteroatoms. The van der Waals surface area contributed by atoms with Gasteiger partial charge in [-0.25, -0.2) is 0 Å². The quantitative estimate of drug-likeness (QED) is 0.509. The fraction of sp³-hybridized carbons (Fsp3) is 0. The molecule has 0 spiro atoms. The number of furan rings is 2. The molecule has 0 aliphatic rings. The molecule has 2 nitrogen and oxygen atoms in total. The summed E-state index contributed by atoms with van der Waals surface area (Å²) < 4.78 is 11.7. The van der Waals surface area contributed by atoms with Crippen molar-refractivity contribution in [2.75, 3.05) is 0 Å². The van der Waals surface area contributed by atoms with Gasteiger partial charge in [0.05, 0.1) is 16.3 Å². The Morgan fingerprint density at radius 3 is 3.27 bits per heavy atom. The number of hydrogen-bond acceptors (Lipinski definition) is 3. The van der Waals surface area contributed by atoms with Crippen LogP contribution < -0.4 is 0 Å². The summed E-state index contributed by atoms with van der Waals surface area (Å²) in [6.07, 6.45) is 1.65. The van der Waals surface area contributed by atoms with Gasteiger partial charge in [0.1, 0.15) is 5.58 Å². The van der Waals surface area contributed by atoms with Crippen LogP contribution in [0.5, 0.6) is 0 Å². The normalized spacial score (nSPS) is 11.6. The van der Waals surface area contributed by atoms with Crippen LogP contribution in [0.25, 0.3) is 21.4 Å². The van der Waals surface area contributed by atoms with Crippen molar-refractivity contribution in [3.8, 4) is 0 Å². The van der Waals surface area contributed by atoms with Gasteiger partial charge in [0.2, 0.25) is 0 Å². The smallest absolute Gasteiger partial charge is 0.299 e. The van der Waals surface area contributed by atoms with Crippen molar-refractivity contribution < 1.29 is 8.83 Å². The lowest BCUT2D eigenvalue weighted by atomic mass is 10.4. The Kier molecular flexibility index (Phi) is 0.830. The number of hydrogen-bond donors (Lipinski definition) is 0. The highest BCUT2D eigenvalue weighted by atomic mass is 32.1. The molecule has 3 aromatic rings. The Balaban J connectivity index is 2.75. The lowest BCUT2D eigenvalue weighted by Gasteiger charge is -1.70. The van der Waals surface area contributed by atoms with Gasteiger partial charge in [0.25, 0.3) is 5.78 Å². The molecule has 3 aromatic heterocycles. The van der Waals surface area contributed by atoms with E-state index < -0.39 is 0 Å². The highest BCUT2D eigenvalue weighted by Crippen LogP contribution is 2.32. The fourth-order valence-corrected chi connectivity index (χ4v) is 2.05. The Bertz CT molecular complexity index is 455. The molecule has 3 rings (SSSR count). The van der Waals surface area contributed by atoms with Gasteiger partial charge in [-0.2, -0.15) is 0 Å². The maximum absolute atomic E-state index is 5.38. The molecule has 0 aliphatic carbocycles. The van der Waals surface area contributed by atoms with E-state index in [1.807, 2.05) is 17.5 Å². The molecule has 0 saturated carbocycles. The van der Waals surface area contributed by atoms with Crippen molar-refractivity contribution in [1.29, 1.82) is 0 Å². The summed E-state index contributed by atoms with van der Waals surface area (Å²) in [4.78, 5) is 0. The van der Waals surface area contributed by atoms with E-state index in [0.717, 1.165) is 11.0 Å². The van der Waals surface area contributed by atoms with Crippen LogP contribution in [0.15, 0.2) is 32.6 Å². The molecule has 0 unspecified atom stereocenters. The molecular formula is C8H4O2S. The van der Waals surface area contributed by atoms with Crippen molar-refractivity contribution in [2.24, 2.45) is 0 Å². The van der Waals surface area contributed by atoms with Crippen molar-refractivity contribution in [3.05, 3.63) is 23.8 Å². The molecule has 0 radical (unpaired) electrons. The zero-order valence-electron chi connectivity index (χ0n) is 5.53. The van der Waals surface area contributed by atoms with Crippen LogP contribution >= 0.6 is 11.3 Å². The summed E-state index contributed by atoms with van der Waals surface area (Å²) in [5.74, 6) is 0.631. The minimum absolute atomic E-state index is 0.631. The first-order valence-electron chi connectivity index (χ1n) is 3.28. The number of rotatable bonds is 0. The SMILES string of the molecule is c1cc2c(o1)oc1ccsc12. The summed E-state index contributed by atoms with van der Waals surface area (Å²) >= 11 is 1.67. The van der Waals surface area contributed by atoms with Gasteiger partial charge in [-0.3, -0.25) is 0 Å². The predicted molar refractivity (Wildman–Crippen MR) is 43.9 cm³/mol. The molecule has 0 amide bonds. The minimum atomic E-state index is 0.631. The molecule has 3 heterocycles. The third-order valence-corrected chi connectivity index (χ3v) is 2.64. The maximum Gasteiger partial charge on any atom is 0.299 e. The van der Waals surface area contributed by atoms with Crippen LogP contribution in [0.4, 0.5) is 0 Å². The zero-order chi connectivity index (χ0) is 7.26. The summed E-state index contributed by atoms with van der Waals surface area (Å²) in [5, 5.41) is 3.09. The number of fused-ring (bicyclic) bond motifs is 3. The third-order valence-electron chi connectivity index (χ3n) is 1.71. The Morgan fingerprint density at radius 1 is 1.27 bits per heavy atom. The maximum atomic E-state index is 5.38. The predicted octanol–water partition coefficient (Wildman–Crippen LogP) is 3.24. The van der Waals surface area contributed by atoms with Gasteiger partial charge in [-0.05, 0) is 17.5 Å². The van der Waals surface area contributed by atoms with E-state index in [-0.39, 0.29) is 0 Å². The van der Waals surface area contributed by atoms with E-state index in [4.69, 9.17) is 8.83 Å². The minimum Gasteiger partial charge on any atom is -0.433 e. The molecule has 0 bridgehead atoms. The van der Waals surface area contributed by atoms with E-state index in [2.05, 4.69) is 0 Å². The van der Waals surface area contributed by atoms with Crippen LogP contribution in [0.1, 0.15) is 0 Å². The Hall–Kier alpha value is -1.22. The highest BCUT2D eigenvalue weighted by molar-refractivity contribution is 7.18. The first kappa shape index (κ1) is 5.43. The third kappa shape index (κ3) is 0.563. The standard InChI is InChI=1S/C8H4O2S/c1-3-9-8-5(1)7-6(10-8)2-4-11-7/h1-4H. The highest BCUT2D eigenvalue weighted by Gasteiger charge is 2.08. The summed E-state index contributed by atoms with van der Waals surface area (Å²) in [6.45, 7) is 0. The summed E-state index contributed by atoms with van der Waals surface area (Å²) in [6, 6.07) is 3.88. The molecule has 0 fully saturated rings. The van der Waals surface area contributed by atoms with Gasteiger partial charge >= 0.3 is 0 Å². The molecule has 11 heavy (non-hydrogen) atoms. The van der Waals surface area contributed by atoms with E-state index in [1.54, 1.807) is 17.6 Å². The van der Waals surface area contributed by atoms with Crippen LogP contribution in [0.2, 0.25) is 0 Å². The van der Waals surface area contributed by atoms with Gasteiger partial charge in [0, 0.05) is 0 Å². The number of thiophene rings is 1. The van der Waals surface area contributed by atoms with E-state index >= 15 is 0 Å². The van der Waals surface area contributed by atoms with Crippen LogP contribution in [0.3, 0.4) is 0 Å². The topological polar surface area (TPSA) is 26.3 Å². The van der Waals surface area contributed by atoms with Gasteiger partial charge < -0.3 is 8.83 Å². The summed E-state index contributed by atoms with van der Waals surface area (Å²) in [7, 11) is 0. The van der Waals surface area contributed by atoms with Gasteiger partial charge in [0.15, 0.2) is 0 Å². The van der Waals surface area contributed by atoms with Gasteiger partial charge in [-0.1, -0.05) is 0 Å². The molecular weight excluding hydrogens is 160 g/mol. The molecule has 0 aliphatic heterocycles. The Labute approximate surface area is 66.0 Å². The molecule has 0 saturated heterocycles. The molecule has 0 atom stereocenters. The van der Waals surface area contributed by atoms with E-state index in [0.29, 0.717) is 5.78 Å². The van der Waals surface area contributed by atoms with Crippen molar-refractivity contribution in [2.45, 2.75) is 0 Å². The Morgan fingerprint density at radius 2 is 2.27 bits per heavy atom. The first-order chi connectivity index (χ1) is 5.45. The van der Waals surface area contributed by atoms with Crippen LogP contribution in [-0.2, 0) is 0 Å². The lowest BCUT2D eigenvalue weighted by molar-refractivity contribution is 0.499. The second-order valence-corrected chi connectivity index (χ2v) is 3.25. The second kappa shape index (κ2) is 1.68. The summed E-state index contributed by atoms with van der Waals surface area (Å²) in [5.41, 5.74) is 0.921. The lowest BCUT2D eigenvalue weighted by Crippen LogP contribution is -1.43. The molecule has 54 valence electrons. The molecule has 0 N–H and O–H groups in total. The monoisotopic (exact) mass is 164 g/mol. The largest absolute Gasteiger partial charge is 0.433 e. The van der Waals surface area contributed by atoms with Crippen LogP contribution in [0, 0.1) is 0 Å². The zero-order valence-corrected chi connectivity index (χ0v) is 6.35. The van der Waals surface area contributed by atoms with Gasteiger partial charge in [-0.15, -0.1) is 11.3 Å². The van der Waals surface area contributed by atoms with Crippen molar-refractivity contribution >= 4 is 32.8 Å². The van der Waals surface area contributed by atoms with Crippen molar-refractivity contribution in [1.82, 2.24) is 0 Å². The fourth-order valence-electron chi connectivity index (χ4n) is 1.22. The van der Waals surface area contributed by atoms with Crippen LogP contribution in [-0.4, -0.2) is 0 Å². The average molecular weight is 164 g/mol. The van der Waals surface area contributed by atoms with E-state index in [9.17, 15) is 0 Å². The first-order valence-corrected chi connectivity index (χ1v) is 4.16. The second-order valence-electron chi connectivity index (χ2n) is 2.34. The van der Waals surface area contributed by atoms with E-state index in [1.165, 1.54) is 4.70 Å². The van der Waals surface area contributed by atoms with Crippen molar-refractivity contribution in [3.63, 3.8) is 0 Å². The average Bonchev–Trinajstić information content (AvgIpc) is 2.52. The molecule has 0 aromatic carbocycles.